The SMILES string of the molecule is COc1ccc(S(=O)(=O)Nc2ccc(S(=O)(=O)Nc3cccc(Cl)c3Cl)cc2)cc1. The lowest BCUT2D eigenvalue weighted by atomic mass is 10.3. The number of hydrogen-bond acceptors (Lipinski definition) is 5. The van der Waals surface area contributed by atoms with Gasteiger partial charge in [-0.3, -0.25) is 9.44 Å². The van der Waals surface area contributed by atoms with E-state index >= 15 is 0 Å². The summed E-state index contributed by atoms with van der Waals surface area (Å²) in [6.45, 7) is 0. The van der Waals surface area contributed by atoms with E-state index in [-0.39, 0.29) is 31.2 Å². The molecule has 30 heavy (non-hydrogen) atoms. The van der Waals surface area contributed by atoms with E-state index in [1.807, 2.05) is 0 Å². The van der Waals surface area contributed by atoms with Crippen molar-refractivity contribution in [1.82, 2.24) is 0 Å². The molecular formula is C19H16Cl2N2O5S2. The molecule has 0 aliphatic rings. The number of nitrogens with one attached hydrogen (secondary N) is 2. The highest BCUT2D eigenvalue weighted by Crippen LogP contribution is 2.31. The predicted molar refractivity (Wildman–Crippen MR) is 118 cm³/mol. The van der Waals surface area contributed by atoms with Gasteiger partial charge in [-0.2, -0.15) is 0 Å². The second kappa shape index (κ2) is 8.73. The van der Waals surface area contributed by atoms with Gasteiger partial charge in [-0.25, -0.2) is 16.8 Å². The highest BCUT2D eigenvalue weighted by atomic mass is 35.5. The molecule has 0 amide bonds. The summed E-state index contributed by atoms with van der Waals surface area (Å²) in [6.07, 6.45) is 0. The monoisotopic (exact) mass is 486 g/mol. The van der Waals surface area contributed by atoms with E-state index in [0.717, 1.165) is 0 Å². The first-order valence-corrected chi connectivity index (χ1v) is 12.1. The molecule has 3 aromatic rings. The van der Waals surface area contributed by atoms with Crippen molar-refractivity contribution in [2.45, 2.75) is 9.79 Å². The van der Waals surface area contributed by atoms with E-state index in [4.69, 9.17) is 27.9 Å². The maximum Gasteiger partial charge on any atom is 0.261 e. The molecule has 0 radical (unpaired) electrons. The number of hydrogen-bond donors (Lipinski definition) is 2. The van der Waals surface area contributed by atoms with Crippen LogP contribution >= 0.6 is 23.2 Å². The van der Waals surface area contributed by atoms with E-state index in [9.17, 15) is 16.8 Å². The van der Waals surface area contributed by atoms with Crippen molar-refractivity contribution in [3.63, 3.8) is 0 Å². The Balaban J connectivity index is 1.79. The number of anilines is 2. The number of halogens is 2. The minimum absolute atomic E-state index is 0.0391. The first-order valence-electron chi connectivity index (χ1n) is 8.36. The molecule has 0 heterocycles. The Morgan fingerprint density at radius 3 is 1.83 bits per heavy atom. The van der Waals surface area contributed by atoms with Gasteiger partial charge in [-0.05, 0) is 60.7 Å². The molecular weight excluding hydrogens is 471 g/mol. The maximum atomic E-state index is 12.6. The van der Waals surface area contributed by atoms with Crippen LogP contribution in [0.2, 0.25) is 10.0 Å². The molecule has 3 rings (SSSR count). The maximum absolute atomic E-state index is 12.6. The Bertz CT molecular complexity index is 1260. The van der Waals surface area contributed by atoms with Crippen LogP contribution in [-0.4, -0.2) is 23.9 Å². The predicted octanol–water partition coefficient (Wildman–Crippen LogP) is 4.60. The Morgan fingerprint density at radius 2 is 1.27 bits per heavy atom. The van der Waals surface area contributed by atoms with Crippen molar-refractivity contribution >= 4 is 54.6 Å². The Morgan fingerprint density at radius 1 is 0.733 bits per heavy atom. The van der Waals surface area contributed by atoms with Crippen LogP contribution in [0, 0.1) is 0 Å². The molecule has 11 heteroatoms. The molecule has 0 aliphatic heterocycles. The quantitative estimate of drug-likeness (QED) is 0.507. The van der Waals surface area contributed by atoms with Gasteiger partial charge < -0.3 is 4.74 Å². The minimum atomic E-state index is -3.96. The van der Waals surface area contributed by atoms with Crippen molar-refractivity contribution in [2.75, 3.05) is 16.6 Å². The molecule has 158 valence electrons. The van der Waals surface area contributed by atoms with Crippen molar-refractivity contribution < 1.29 is 21.6 Å². The zero-order valence-corrected chi connectivity index (χ0v) is 18.6. The molecule has 0 saturated heterocycles. The van der Waals surface area contributed by atoms with Gasteiger partial charge in [0.1, 0.15) is 5.75 Å². The average Bonchev–Trinajstić information content (AvgIpc) is 2.71. The Labute approximate surface area is 184 Å². The fraction of sp³-hybridized carbons (Fsp3) is 0.0526. The molecule has 7 nitrogen and oxygen atoms in total. The largest absolute Gasteiger partial charge is 0.497 e. The smallest absolute Gasteiger partial charge is 0.261 e. The van der Waals surface area contributed by atoms with Crippen LogP contribution in [-0.2, 0) is 20.0 Å². The minimum Gasteiger partial charge on any atom is -0.497 e. The third-order valence-electron chi connectivity index (χ3n) is 3.98. The van der Waals surface area contributed by atoms with Crippen LogP contribution in [0.15, 0.2) is 76.5 Å². The van der Waals surface area contributed by atoms with Crippen molar-refractivity contribution in [1.29, 1.82) is 0 Å². The van der Waals surface area contributed by atoms with Crippen LogP contribution in [0.4, 0.5) is 11.4 Å². The summed E-state index contributed by atoms with van der Waals surface area (Å²) in [6, 6.07) is 15.6. The summed E-state index contributed by atoms with van der Waals surface area (Å²) in [5.74, 6) is 0.524. The second-order valence-electron chi connectivity index (χ2n) is 6.01. The fourth-order valence-corrected chi connectivity index (χ4v) is 4.99. The van der Waals surface area contributed by atoms with E-state index < -0.39 is 20.0 Å². The molecule has 0 atom stereocenters. The molecule has 2 N–H and O–H groups in total. The normalized spacial score (nSPS) is 11.7. The van der Waals surface area contributed by atoms with Crippen molar-refractivity contribution in [3.05, 3.63) is 76.8 Å². The van der Waals surface area contributed by atoms with Gasteiger partial charge in [-0.15, -0.1) is 0 Å². The van der Waals surface area contributed by atoms with Crippen LogP contribution in [0.5, 0.6) is 5.75 Å². The van der Waals surface area contributed by atoms with Gasteiger partial charge in [-0.1, -0.05) is 29.3 Å². The number of benzene rings is 3. The Kier molecular flexibility index (Phi) is 6.47. The van der Waals surface area contributed by atoms with Crippen molar-refractivity contribution in [3.8, 4) is 5.75 Å². The van der Waals surface area contributed by atoms with Crippen LogP contribution < -0.4 is 14.2 Å². The number of sulfonamides is 2. The summed E-state index contributed by atoms with van der Waals surface area (Å²) in [7, 11) is -6.33. The van der Waals surface area contributed by atoms with Crippen LogP contribution in [0.3, 0.4) is 0 Å². The molecule has 0 saturated carbocycles. The van der Waals surface area contributed by atoms with E-state index in [1.165, 1.54) is 67.8 Å². The Hall–Kier alpha value is -2.46. The first-order chi connectivity index (χ1) is 14.1. The highest BCUT2D eigenvalue weighted by Gasteiger charge is 2.18. The van der Waals surface area contributed by atoms with E-state index in [1.54, 1.807) is 6.07 Å². The third kappa shape index (κ3) is 4.99. The molecule has 0 spiro atoms. The summed E-state index contributed by atoms with van der Waals surface area (Å²) in [5, 5.41) is 0.284. The van der Waals surface area contributed by atoms with Gasteiger partial charge in [0.05, 0.1) is 32.6 Å². The van der Waals surface area contributed by atoms with E-state index in [0.29, 0.717) is 5.75 Å². The molecule has 3 aromatic carbocycles. The molecule has 0 bridgehead atoms. The number of ether oxygens (including phenoxy) is 1. The van der Waals surface area contributed by atoms with Gasteiger partial charge in [0.2, 0.25) is 0 Å². The standard InChI is InChI=1S/C19H16Cl2N2O5S2/c1-28-14-7-11-16(12-8-14)29(24,25)22-13-5-9-15(10-6-13)30(26,27)23-18-4-2-3-17(20)19(18)21/h2-12,22-23H,1H3. The van der Waals surface area contributed by atoms with Gasteiger partial charge >= 0.3 is 0 Å². The zero-order valence-electron chi connectivity index (χ0n) is 15.5. The molecule has 0 unspecified atom stereocenters. The zero-order chi connectivity index (χ0) is 21.9. The van der Waals surface area contributed by atoms with E-state index in [2.05, 4.69) is 9.44 Å². The lowest BCUT2D eigenvalue weighted by Crippen LogP contribution is -2.15. The van der Waals surface area contributed by atoms with Gasteiger partial charge in [0.25, 0.3) is 20.0 Å². The summed E-state index contributed by atoms with van der Waals surface area (Å²) < 4.78 is 59.9. The van der Waals surface area contributed by atoms with Crippen LogP contribution in [0.1, 0.15) is 0 Å². The molecule has 0 aromatic heterocycles. The lowest BCUT2D eigenvalue weighted by molar-refractivity contribution is 0.414. The summed E-state index contributed by atoms with van der Waals surface area (Å²) in [4.78, 5) is -0.0387. The fourth-order valence-electron chi connectivity index (χ4n) is 2.46. The van der Waals surface area contributed by atoms with Gasteiger partial charge in [0, 0.05) is 5.69 Å². The summed E-state index contributed by atoms with van der Waals surface area (Å²) >= 11 is 11.9. The molecule has 0 fully saturated rings. The second-order valence-corrected chi connectivity index (χ2v) is 10.2. The highest BCUT2D eigenvalue weighted by molar-refractivity contribution is 7.93. The third-order valence-corrected chi connectivity index (χ3v) is 7.58. The number of methoxy groups -OCH3 is 1. The average molecular weight is 487 g/mol. The van der Waals surface area contributed by atoms with Crippen LogP contribution in [0.25, 0.3) is 0 Å². The lowest BCUT2D eigenvalue weighted by Gasteiger charge is -2.12. The van der Waals surface area contributed by atoms with Gasteiger partial charge in [0.15, 0.2) is 0 Å². The number of rotatable bonds is 7. The topological polar surface area (TPSA) is 102 Å². The summed E-state index contributed by atoms with van der Waals surface area (Å²) in [5.41, 5.74) is 0.332. The molecule has 0 aliphatic carbocycles. The first kappa shape index (κ1) is 22.2. The van der Waals surface area contributed by atoms with Crippen molar-refractivity contribution in [2.24, 2.45) is 0 Å².